The Morgan fingerprint density at radius 3 is 2.55 bits per heavy atom. The number of alkyl carbamates (subject to hydrolysis) is 1. The van der Waals surface area contributed by atoms with Crippen molar-refractivity contribution in [1.29, 1.82) is 0 Å². The van der Waals surface area contributed by atoms with Gasteiger partial charge in [0.2, 0.25) is 0 Å². The predicted octanol–water partition coefficient (Wildman–Crippen LogP) is 4.99. The SMILES string of the molecule is COC(=O)[C@H](CCSC[C@@H]1[CH][CH][C@H](n2cnc3c(Cl)ncnc32)O1)NC(=O)OCC1c2ccccc2-c2ccccc21. The lowest BCUT2D eigenvalue weighted by Gasteiger charge is -2.19. The minimum atomic E-state index is -0.826. The van der Waals surface area contributed by atoms with Crippen LogP contribution in [0.5, 0.6) is 0 Å². The number of imidazole rings is 1. The molecule has 2 aromatic carbocycles. The third kappa shape index (κ3) is 5.81. The number of nitrogens with one attached hydrogen (secondary N) is 1. The lowest BCUT2D eigenvalue weighted by molar-refractivity contribution is -0.143. The number of nitrogens with zero attached hydrogens (tertiary/aromatic N) is 4. The first-order valence-electron chi connectivity index (χ1n) is 13.5. The van der Waals surface area contributed by atoms with Gasteiger partial charge in [0, 0.05) is 18.1 Å². The van der Waals surface area contributed by atoms with Gasteiger partial charge in [0.25, 0.3) is 0 Å². The molecule has 3 heterocycles. The van der Waals surface area contributed by atoms with Gasteiger partial charge in [0.05, 0.1) is 19.5 Å². The van der Waals surface area contributed by atoms with Gasteiger partial charge < -0.3 is 19.5 Å². The molecule has 12 heteroatoms. The average molecular weight is 606 g/mol. The fraction of sp³-hybridized carbons (Fsp3) is 0.300. The topological polar surface area (TPSA) is 117 Å². The molecule has 1 fully saturated rings. The monoisotopic (exact) mass is 605 g/mol. The number of rotatable bonds is 10. The quantitative estimate of drug-likeness (QED) is 0.152. The van der Waals surface area contributed by atoms with Gasteiger partial charge >= 0.3 is 12.1 Å². The van der Waals surface area contributed by atoms with Gasteiger partial charge in [0.15, 0.2) is 10.8 Å². The van der Waals surface area contributed by atoms with Crippen LogP contribution >= 0.6 is 23.4 Å². The summed E-state index contributed by atoms with van der Waals surface area (Å²) >= 11 is 7.72. The normalized spacial score (nSPS) is 18.4. The summed E-state index contributed by atoms with van der Waals surface area (Å²) in [6.07, 6.45) is 6.18. The number of halogens is 1. The number of benzene rings is 2. The molecule has 10 nitrogen and oxygen atoms in total. The Kier molecular flexibility index (Phi) is 8.59. The van der Waals surface area contributed by atoms with Gasteiger partial charge in [-0.15, -0.1) is 0 Å². The molecular formula is C30H28ClN5O5S. The van der Waals surface area contributed by atoms with Crippen molar-refractivity contribution < 1.29 is 23.8 Å². The van der Waals surface area contributed by atoms with Crippen molar-refractivity contribution in [2.75, 3.05) is 25.2 Å². The van der Waals surface area contributed by atoms with Gasteiger partial charge in [-0.3, -0.25) is 4.57 Å². The maximum absolute atomic E-state index is 12.8. The van der Waals surface area contributed by atoms with Crippen LogP contribution < -0.4 is 5.32 Å². The number of fused-ring (bicyclic) bond motifs is 4. The third-order valence-electron chi connectivity index (χ3n) is 7.35. The second kappa shape index (κ2) is 12.7. The first kappa shape index (κ1) is 28.4. The Balaban J connectivity index is 0.979. The number of ether oxygens (including phenoxy) is 3. The van der Waals surface area contributed by atoms with Gasteiger partial charge in [-0.1, -0.05) is 60.1 Å². The molecule has 1 saturated heterocycles. The number of hydrogen-bond acceptors (Lipinski definition) is 9. The Bertz CT molecular complexity index is 1550. The van der Waals surface area contributed by atoms with E-state index in [4.69, 9.17) is 25.8 Å². The fourth-order valence-corrected chi connectivity index (χ4v) is 6.49. The van der Waals surface area contributed by atoms with Gasteiger partial charge in [-0.25, -0.2) is 24.5 Å². The molecule has 4 aromatic rings. The second-order valence-corrected chi connectivity index (χ2v) is 11.4. The summed E-state index contributed by atoms with van der Waals surface area (Å²) in [5.41, 5.74) is 5.66. The summed E-state index contributed by atoms with van der Waals surface area (Å²) in [6, 6.07) is 15.4. The summed E-state index contributed by atoms with van der Waals surface area (Å²) in [5, 5.41) is 2.98. The van der Waals surface area contributed by atoms with E-state index in [1.807, 2.05) is 37.1 Å². The van der Waals surface area contributed by atoms with Crippen LogP contribution in [-0.2, 0) is 19.0 Å². The molecule has 3 atom stereocenters. The molecule has 1 amide bonds. The van der Waals surface area contributed by atoms with Crippen molar-refractivity contribution in [3.05, 3.63) is 90.3 Å². The first-order valence-corrected chi connectivity index (χ1v) is 15.0. The molecule has 0 unspecified atom stereocenters. The molecule has 1 aliphatic carbocycles. The van der Waals surface area contributed by atoms with Crippen LogP contribution in [0.3, 0.4) is 0 Å². The standard InChI is InChI=1S/C30H28ClN5O5S/c1-39-29(37)24(35-30(38)40-14-23-21-8-4-2-6-19(21)20-7-3-5-9-22(20)23)12-13-42-15-18-10-11-25(41-18)36-17-34-26-27(31)32-16-33-28(26)36/h2-11,16-18,23-25H,12-15H2,1H3,(H,35,38)/t18-,24-,25+/m0/s1. The minimum Gasteiger partial charge on any atom is -0.467 e. The van der Waals surface area contributed by atoms with E-state index in [9.17, 15) is 9.59 Å². The van der Waals surface area contributed by atoms with Crippen LogP contribution in [0.2, 0.25) is 5.15 Å². The van der Waals surface area contributed by atoms with Crippen LogP contribution in [0.25, 0.3) is 22.3 Å². The zero-order valence-electron chi connectivity index (χ0n) is 22.7. The summed E-state index contributed by atoms with van der Waals surface area (Å²) in [6.45, 7) is 0.166. The summed E-state index contributed by atoms with van der Waals surface area (Å²) in [4.78, 5) is 37.7. The Hall–Kier alpha value is -3.67. The summed E-state index contributed by atoms with van der Waals surface area (Å²) in [5.74, 6) is 0.671. The van der Waals surface area contributed by atoms with E-state index in [0.717, 1.165) is 22.3 Å². The molecule has 1 N–H and O–H groups in total. The maximum Gasteiger partial charge on any atom is 0.407 e. The number of carbonyl (C=O) groups is 2. The van der Waals surface area contributed by atoms with Crippen LogP contribution in [0.4, 0.5) is 4.79 Å². The van der Waals surface area contributed by atoms with E-state index in [-0.39, 0.29) is 24.9 Å². The minimum absolute atomic E-state index is 0.0664. The molecule has 2 aromatic heterocycles. The number of methoxy groups -OCH3 is 1. The number of aromatic nitrogens is 4. The highest BCUT2D eigenvalue weighted by Crippen LogP contribution is 2.44. The highest BCUT2D eigenvalue weighted by atomic mass is 35.5. The van der Waals surface area contributed by atoms with Crippen LogP contribution in [0, 0.1) is 12.8 Å². The smallest absolute Gasteiger partial charge is 0.407 e. The molecule has 0 spiro atoms. The fourth-order valence-electron chi connectivity index (χ4n) is 5.33. The first-order chi connectivity index (χ1) is 20.5. The zero-order chi connectivity index (χ0) is 29.1. The van der Waals surface area contributed by atoms with E-state index < -0.39 is 18.1 Å². The number of carbonyl (C=O) groups excluding carboxylic acids is 2. The molecular weight excluding hydrogens is 578 g/mol. The van der Waals surface area contributed by atoms with Crippen LogP contribution in [0.15, 0.2) is 61.2 Å². The van der Waals surface area contributed by atoms with E-state index in [1.54, 1.807) is 22.7 Å². The Morgan fingerprint density at radius 1 is 1.07 bits per heavy atom. The van der Waals surface area contributed by atoms with Crippen molar-refractivity contribution in [2.45, 2.75) is 30.7 Å². The van der Waals surface area contributed by atoms with Crippen molar-refractivity contribution in [2.24, 2.45) is 0 Å². The molecule has 2 aliphatic rings. The number of thioether (sulfide) groups is 1. The van der Waals surface area contributed by atoms with Crippen LogP contribution in [0.1, 0.15) is 29.7 Å². The Labute approximate surface area is 252 Å². The number of amides is 1. The van der Waals surface area contributed by atoms with Gasteiger partial charge in [-0.2, -0.15) is 11.8 Å². The molecule has 1 aliphatic heterocycles. The zero-order valence-corrected chi connectivity index (χ0v) is 24.3. The molecule has 2 radical (unpaired) electrons. The van der Waals surface area contributed by atoms with Crippen molar-refractivity contribution in [1.82, 2.24) is 24.8 Å². The molecule has 0 bridgehead atoms. The number of esters is 1. The summed E-state index contributed by atoms with van der Waals surface area (Å²) < 4.78 is 18.5. The van der Waals surface area contributed by atoms with E-state index in [1.165, 1.54) is 13.4 Å². The van der Waals surface area contributed by atoms with Crippen molar-refractivity contribution in [3.63, 3.8) is 0 Å². The van der Waals surface area contributed by atoms with Crippen molar-refractivity contribution >= 4 is 46.6 Å². The predicted molar refractivity (Wildman–Crippen MR) is 159 cm³/mol. The number of hydrogen-bond donors (Lipinski definition) is 1. The van der Waals surface area contributed by atoms with Crippen molar-refractivity contribution in [3.8, 4) is 11.1 Å². The molecule has 42 heavy (non-hydrogen) atoms. The van der Waals surface area contributed by atoms with Crippen LogP contribution in [-0.4, -0.2) is 68.9 Å². The van der Waals surface area contributed by atoms with Gasteiger partial charge in [-0.05, 0) is 40.8 Å². The molecule has 6 rings (SSSR count). The van der Waals surface area contributed by atoms with Gasteiger partial charge in [0.1, 0.15) is 30.7 Å². The molecule has 0 saturated carbocycles. The largest absolute Gasteiger partial charge is 0.467 e. The highest BCUT2D eigenvalue weighted by molar-refractivity contribution is 7.99. The second-order valence-electron chi connectivity index (χ2n) is 9.85. The highest BCUT2D eigenvalue weighted by Gasteiger charge is 2.31. The molecule has 216 valence electrons. The lowest BCUT2D eigenvalue weighted by atomic mass is 9.98. The lowest BCUT2D eigenvalue weighted by Crippen LogP contribution is -2.42. The Morgan fingerprint density at radius 2 is 1.81 bits per heavy atom. The summed E-state index contributed by atoms with van der Waals surface area (Å²) in [7, 11) is 1.30. The average Bonchev–Trinajstić information content (AvgIpc) is 3.74. The van der Waals surface area contributed by atoms with E-state index in [0.29, 0.717) is 34.2 Å². The third-order valence-corrected chi connectivity index (χ3v) is 8.71. The van der Waals surface area contributed by atoms with E-state index >= 15 is 0 Å². The maximum atomic E-state index is 12.8. The van der Waals surface area contributed by atoms with E-state index in [2.05, 4.69) is 44.5 Å².